The second-order valence-corrected chi connectivity index (χ2v) is 6.01. The first-order valence-electron chi connectivity index (χ1n) is 7.49. The molecule has 4 rings (SSSR count). The zero-order valence-corrected chi connectivity index (χ0v) is 12.3. The van der Waals surface area contributed by atoms with Crippen LogP contribution in [-0.2, 0) is 0 Å². The number of rotatable bonds is 2. The molecule has 1 aliphatic rings. The number of hydrogen-bond donors (Lipinski definition) is 1. The molecule has 1 aliphatic carbocycles. The van der Waals surface area contributed by atoms with Crippen molar-refractivity contribution in [3.05, 3.63) is 41.5 Å². The average Bonchev–Trinajstić information content (AvgIpc) is 2.81. The quantitative estimate of drug-likeness (QED) is 0.773. The van der Waals surface area contributed by atoms with Crippen molar-refractivity contribution >= 4 is 11.0 Å². The van der Waals surface area contributed by atoms with Gasteiger partial charge in [-0.05, 0) is 43.9 Å². The summed E-state index contributed by atoms with van der Waals surface area (Å²) in [6.07, 6.45) is 7.28. The highest BCUT2D eigenvalue weighted by Crippen LogP contribution is 2.39. The molecule has 4 nitrogen and oxygen atoms in total. The number of fused-ring (bicyclic) bond motifs is 1. The second-order valence-electron chi connectivity index (χ2n) is 6.01. The molecule has 0 atom stereocenters. The van der Waals surface area contributed by atoms with E-state index in [0.29, 0.717) is 5.92 Å². The van der Waals surface area contributed by atoms with Crippen LogP contribution < -0.4 is 0 Å². The Hall–Kier alpha value is -2.23. The lowest BCUT2D eigenvalue weighted by atomic mass is 9.81. The highest BCUT2D eigenvalue weighted by molar-refractivity contribution is 5.83. The SMILES string of the molecule is Cc1cc(C)c2nc(-c3cncnc3C3CCC3)[nH]c2c1. The van der Waals surface area contributed by atoms with Crippen molar-refractivity contribution in [1.29, 1.82) is 0 Å². The third kappa shape index (κ3) is 2.02. The molecule has 106 valence electrons. The molecule has 2 heterocycles. The Morgan fingerprint density at radius 2 is 2.05 bits per heavy atom. The van der Waals surface area contributed by atoms with Crippen LogP contribution in [-0.4, -0.2) is 19.9 Å². The van der Waals surface area contributed by atoms with Crippen LogP contribution in [0.15, 0.2) is 24.7 Å². The van der Waals surface area contributed by atoms with E-state index in [1.165, 1.54) is 30.4 Å². The molecule has 1 aromatic carbocycles. The summed E-state index contributed by atoms with van der Waals surface area (Å²) in [5.41, 5.74) is 6.78. The molecule has 1 fully saturated rings. The number of imidazole rings is 1. The lowest BCUT2D eigenvalue weighted by Crippen LogP contribution is -2.12. The molecular formula is C17H18N4. The van der Waals surface area contributed by atoms with E-state index in [-0.39, 0.29) is 0 Å². The number of nitrogens with one attached hydrogen (secondary N) is 1. The maximum Gasteiger partial charge on any atom is 0.141 e. The predicted octanol–water partition coefficient (Wildman–Crippen LogP) is 3.90. The van der Waals surface area contributed by atoms with Crippen molar-refractivity contribution in [2.75, 3.05) is 0 Å². The van der Waals surface area contributed by atoms with Crippen LogP contribution in [0.25, 0.3) is 22.4 Å². The van der Waals surface area contributed by atoms with Gasteiger partial charge in [0, 0.05) is 12.1 Å². The highest BCUT2D eigenvalue weighted by atomic mass is 14.9. The summed E-state index contributed by atoms with van der Waals surface area (Å²) in [7, 11) is 0. The van der Waals surface area contributed by atoms with Crippen LogP contribution in [0.1, 0.15) is 42.0 Å². The Balaban J connectivity index is 1.89. The van der Waals surface area contributed by atoms with Gasteiger partial charge in [0.15, 0.2) is 0 Å². The summed E-state index contributed by atoms with van der Waals surface area (Å²) in [5, 5.41) is 0. The fourth-order valence-electron chi connectivity index (χ4n) is 3.13. The Morgan fingerprint density at radius 1 is 1.19 bits per heavy atom. The molecule has 0 aliphatic heterocycles. The zero-order chi connectivity index (χ0) is 14.4. The minimum atomic E-state index is 0.569. The van der Waals surface area contributed by atoms with Gasteiger partial charge in [0.1, 0.15) is 12.2 Å². The van der Waals surface area contributed by atoms with E-state index in [0.717, 1.165) is 28.1 Å². The van der Waals surface area contributed by atoms with Crippen molar-refractivity contribution in [3.63, 3.8) is 0 Å². The van der Waals surface area contributed by atoms with Crippen LogP contribution in [0, 0.1) is 13.8 Å². The van der Waals surface area contributed by atoms with E-state index in [1.54, 1.807) is 6.33 Å². The first kappa shape index (κ1) is 12.5. The Kier molecular flexibility index (Phi) is 2.77. The van der Waals surface area contributed by atoms with Crippen LogP contribution in [0.3, 0.4) is 0 Å². The van der Waals surface area contributed by atoms with Crippen LogP contribution >= 0.6 is 0 Å². The smallest absolute Gasteiger partial charge is 0.141 e. The molecule has 0 spiro atoms. The highest BCUT2D eigenvalue weighted by Gasteiger charge is 2.25. The second kappa shape index (κ2) is 4.65. The van der Waals surface area contributed by atoms with Gasteiger partial charge in [0.05, 0.1) is 22.3 Å². The van der Waals surface area contributed by atoms with Gasteiger partial charge >= 0.3 is 0 Å². The molecular weight excluding hydrogens is 260 g/mol. The van der Waals surface area contributed by atoms with Crippen molar-refractivity contribution < 1.29 is 0 Å². The summed E-state index contributed by atoms with van der Waals surface area (Å²) >= 11 is 0. The molecule has 0 bridgehead atoms. The predicted molar refractivity (Wildman–Crippen MR) is 83.2 cm³/mol. The minimum Gasteiger partial charge on any atom is -0.338 e. The maximum absolute atomic E-state index is 4.79. The van der Waals surface area contributed by atoms with Gasteiger partial charge < -0.3 is 4.98 Å². The topological polar surface area (TPSA) is 54.5 Å². The molecule has 0 saturated heterocycles. The summed E-state index contributed by atoms with van der Waals surface area (Å²) in [6.45, 7) is 4.21. The molecule has 21 heavy (non-hydrogen) atoms. The number of aryl methyl sites for hydroxylation is 2. The van der Waals surface area contributed by atoms with Crippen LogP contribution in [0.5, 0.6) is 0 Å². The van der Waals surface area contributed by atoms with Crippen molar-refractivity contribution in [2.45, 2.75) is 39.0 Å². The molecule has 4 heteroatoms. The van der Waals surface area contributed by atoms with Crippen molar-refractivity contribution in [2.24, 2.45) is 0 Å². The third-order valence-electron chi connectivity index (χ3n) is 4.41. The number of H-pyrrole nitrogens is 1. The van der Waals surface area contributed by atoms with Crippen molar-refractivity contribution in [1.82, 2.24) is 19.9 Å². The van der Waals surface area contributed by atoms with Gasteiger partial charge in [-0.1, -0.05) is 12.5 Å². The van der Waals surface area contributed by atoms with E-state index in [1.807, 2.05) is 6.20 Å². The largest absolute Gasteiger partial charge is 0.338 e. The van der Waals surface area contributed by atoms with Gasteiger partial charge in [0.25, 0.3) is 0 Å². The monoisotopic (exact) mass is 278 g/mol. The molecule has 2 aromatic heterocycles. The number of aromatic nitrogens is 4. The zero-order valence-electron chi connectivity index (χ0n) is 12.3. The van der Waals surface area contributed by atoms with E-state index >= 15 is 0 Å². The van der Waals surface area contributed by atoms with Gasteiger partial charge in [-0.15, -0.1) is 0 Å². The molecule has 1 saturated carbocycles. The van der Waals surface area contributed by atoms with Crippen LogP contribution in [0.4, 0.5) is 0 Å². The molecule has 0 radical (unpaired) electrons. The standard InChI is InChI=1S/C17H18N4/c1-10-6-11(2)15-14(7-10)20-17(21-15)13-8-18-9-19-16(13)12-4-3-5-12/h6-9,12H,3-5H2,1-2H3,(H,20,21). The lowest BCUT2D eigenvalue weighted by molar-refractivity contribution is 0.411. The summed E-state index contributed by atoms with van der Waals surface area (Å²) in [5.74, 6) is 1.46. The number of benzene rings is 1. The third-order valence-corrected chi connectivity index (χ3v) is 4.41. The van der Waals surface area contributed by atoms with Gasteiger partial charge in [0.2, 0.25) is 0 Å². The van der Waals surface area contributed by atoms with Crippen LogP contribution in [0.2, 0.25) is 0 Å². The summed E-state index contributed by atoms with van der Waals surface area (Å²) < 4.78 is 0. The first-order chi connectivity index (χ1) is 10.2. The fourth-order valence-corrected chi connectivity index (χ4v) is 3.13. The van der Waals surface area contributed by atoms with E-state index < -0.39 is 0 Å². The average molecular weight is 278 g/mol. The fraction of sp³-hybridized carbons (Fsp3) is 0.353. The summed E-state index contributed by atoms with van der Waals surface area (Å²) in [6, 6.07) is 4.31. The van der Waals surface area contributed by atoms with E-state index in [2.05, 4.69) is 40.9 Å². The van der Waals surface area contributed by atoms with Gasteiger partial charge in [-0.2, -0.15) is 0 Å². The Labute approximate surface area is 123 Å². The summed E-state index contributed by atoms with van der Waals surface area (Å²) in [4.78, 5) is 17.0. The van der Waals surface area contributed by atoms with E-state index in [4.69, 9.17) is 4.98 Å². The Bertz CT molecular complexity index is 815. The molecule has 1 N–H and O–H groups in total. The van der Waals surface area contributed by atoms with E-state index in [9.17, 15) is 0 Å². The molecule has 0 amide bonds. The molecule has 0 unspecified atom stereocenters. The van der Waals surface area contributed by atoms with Gasteiger partial charge in [-0.25, -0.2) is 15.0 Å². The maximum atomic E-state index is 4.79. The first-order valence-corrected chi connectivity index (χ1v) is 7.49. The Morgan fingerprint density at radius 3 is 2.81 bits per heavy atom. The molecule has 3 aromatic rings. The number of nitrogens with zero attached hydrogens (tertiary/aromatic N) is 3. The number of aromatic amines is 1. The van der Waals surface area contributed by atoms with Gasteiger partial charge in [-0.3, -0.25) is 0 Å². The van der Waals surface area contributed by atoms with Crippen molar-refractivity contribution in [3.8, 4) is 11.4 Å². The lowest BCUT2D eigenvalue weighted by Gasteiger charge is -2.25. The normalized spacial score (nSPS) is 15.3. The minimum absolute atomic E-state index is 0.569. The number of hydrogen-bond acceptors (Lipinski definition) is 3.